The van der Waals surface area contributed by atoms with Gasteiger partial charge in [-0.1, -0.05) is 11.6 Å². The van der Waals surface area contributed by atoms with Gasteiger partial charge in [-0.15, -0.1) is 0 Å². The zero-order valence-corrected chi connectivity index (χ0v) is 13.4. The second-order valence-corrected chi connectivity index (χ2v) is 5.90. The maximum Gasteiger partial charge on any atom is 0.268 e. The number of hydrogen-bond donors (Lipinski definition) is 0. The van der Waals surface area contributed by atoms with Crippen molar-refractivity contribution in [2.24, 2.45) is 0 Å². The van der Waals surface area contributed by atoms with E-state index in [1.165, 1.54) is 10.9 Å². The van der Waals surface area contributed by atoms with Crippen molar-refractivity contribution in [2.45, 2.75) is 6.54 Å². The van der Waals surface area contributed by atoms with E-state index in [0.29, 0.717) is 16.7 Å². The Kier molecular flexibility index (Phi) is 4.80. The lowest BCUT2D eigenvalue weighted by Gasteiger charge is -2.32. The standard InChI is InChI=1S/C11H14ClIN4O2/c1-15-2-4-16(5-3-15)8(18)6-17-7-14-10(12)9(13)11(17)19/h7H,2-6H2,1H3. The zero-order chi connectivity index (χ0) is 14.0. The molecule has 19 heavy (non-hydrogen) atoms. The minimum Gasteiger partial charge on any atom is -0.339 e. The number of likely N-dealkylation sites (N-methyl/N-ethyl adjacent to an activating group) is 1. The topological polar surface area (TPSA) is 58.4 Å². The van der Waals surface area contributed by atoms with Crippen molar-refractivity contribution in [3.8, 4) is 0 Å². The first kappa shape index (κ1) is 14.7. The molecule has 104 valence electrons. The van der Waals surface area contributed by atoms with Crippen molar-refractivity contribution in [1.82, 2.24) is 19.4 Å². The zero-order valence-electron chi connectivity index (χ0n) is 10.5. The molecule has 1 aromatic rings. The van der Waals surface area contributed by atoms with Gasteiger partial charge < -0.3 is 9.80 Å². The smallest absolute Gasteiger partial charge is 0.268 e. The average molecular weight is 397 g/mol. The number of carbonyl (C=O) groups is 1. The summed E-state index contributed by atoms with van der Waals surface area (Å²) in [5.41, 5.74) is -0.275. The SMILES string of the molecule is CN1CCN(C(=O)Cn2cnc(Cl)c(I)c2=O)CC1. The maximum atomic E-state index is 12.1. The first-order chi connectivity index (χ1) is 8.99. The van der Waals surface area contributed by atoms with E-state index < -0.39 is 0 Å². The van der Waals surface area contributed by atoms with Crippen LogP contribution in [0.4, 0.5) is 0 Å². The lowest BCUT2D eigenvalue weighted by molar-refractivity contribution is -0.133. The normalized spacial score (nSPS) is 16.7. The molecule has 1 aliphatic rings. The summed E-state index contributed by atoms with van der Waals surface area (Å²) >= 11 is 7.59. The van der Waals surface area contributed by atoms with Crippen LogP contribution in [0.1, 0.15) is 0 Å². The Bertz CT molecular complexity index is 540. The summed E-state index contributed by atoms with van der Waals surface area (Å²) in [5.74, 6) is -0.0601. The van der Waals surface area contributed by atoms with Gasteiger partial charge in [-0.3, -0.25) is 14.2 Å². The number of halogens is 2. The molecule has 0 saturated carbocycles. The highest BCUT2D eigenvalue weighted by atomic mass is 127. The quantitative estimate of drug-likeness (QED) is 0.532. The van der Waals surface area contributed by atoms with Gasteiger partial charge in [0.2, 0.25) is 5.91 Å². The molecule has 0 aliphatic carbocycles. The summed E-state index contributed by atoms with van der Waals surface area (Å²) in [7, 11) is 2.03. The number of nitrogens with zero attached hydrogens (tertiary/aromatic N) is 4. The molecule has 1 amide bonds. The first-order valence-electron chi connectivity index (χ1n) is 5.86. The van der Waals surface area contributed by atoms with E-state index in [-0.39, 0.29) is 23.2 Å². The van der Waals surface area contributed by atoms with Crippen molar-refractivity contribution in [1.29, 1.82) is 0 Å². The van der Waals surface area contributed by atoms with Crippen LogP contribution in [0.25, 0.3) is 0 Å². The maximum absolute atomic E-state index is 12.1. The van der Waals surface area contributed by atoms with Crippen molar-refractivity contribution >= 4 is 40.1 Å². The highest BCUT2D eigenvalue weighted by Gasteiger charge is 2.20. The van der Waals surface area contributed by atoms with Crippen LogP contribution < -0.4 is 5.56 Å². The van der Waals surface area contributed by atoms with Gasteiger partial charge in [-0.25, -0.2) is 4.98 Å². The molecule has 0 unspecified atom stereocenters. The molecule has 0 atom stereocenters. The third-order valence-electron chi connectivity index (χ3n) is 3.10. The molecule has 1 aromatic heterocycles. The minimum atomic E-state index is -0.275. The molecule has 1 aliphatic heterocycles. The van der Waals surface area contributed by atoms with E-state index in [2.05, 4.69) is 9.88 Å². The van der Waals surface area contributed by atoms with Crippen LogP contribution in [0.3, 0.4) is 0 Å². The van der Waals surface area contributed by atoms with Crippen LogP contribution in [0.15, 0.2) is 11.1 Å². The minimum absolute atomic E-state index is 0.0166. The van der Waals surface area contributed by atoms with Gasteiger partial charge in [0.05, 0.1) is 6.33 Å². The fourth-order valence-electron chi connectivity index (χ4n) is 1.86. The monoisotopic (exact) mass is 396 g/mol. The molecular weight excluding hydrogens is 383 g/mol. The second-order valence-electron chi connectivity index (χ2n) is 4.47. The number of rotatable bonds is 2. The summed E-state index contributed by atoms with van der Waals surface area (Å²) in [6.07, 6.45) is 1.32. The summed E-state index contributed by atoms with van der Waals surface area (Å²) in [6, 6.07) is 0. The summed E-state index contributed by atoms with van der Waals surface area (Å²) < 4.78 is 1.64. The van der Waals surface area contributed by atoms with Crippen LogP contribution in [0.5, 0.6) is 0 Å². The van der Waals surface area contributed by atoms with E-state index in [4.69, 9.17) is 11.6 Å². The third-order valence-corrected chi connectivity index (χ3v) is 4.68. The number of aromatic nitrogens is 2. The van der Waals surface area contributed by atoms with E-state index in [1.54, 1.807) is 4.90 Å². The molecule has 0 aromatic carbocycles. The van der Waals surface area contributed by atoms with Gasteiger partial charge in [0.1, 0.15) is 15.3 Å². The molecular formula is C11H14ClIN4O2. The van der Waals surface area contributed by atoms with Crippen LogP contribution in [0.2, 0.25) is 5.15 Å². The van der Waals surface area contributed by atoms with E-state index >= 15 is 0 Å². The molecule has 1 saturated heterocycles. The Labute approximate surface area is 129 Å². The lowest BCUT2D eigenvalue weighted by Crippen LogP contribution is -2.48. The van der Waals surface area contributed by atoms with Gasteiger partial charge in [-0.2, -0.15) is 0 Å². The van der Waals surface area contributed by atoms with Gasteiger partial charge in [0, 0.05) is 26.2 Å². The van der Waals surface area contributed by atoms with E-state index in [0.717, 1.165) is 13.1 Å². The molecule has 2 heterocycles. The number of carbonyl (C=O) groups excluding carboxylic acids is 1. The van der Waals surface area contributed by atoms with Crippen molar-refractivity contribution in [3.05, 3.63) is 25.4 Å². The highest BCUT2D eigenvalue weighted by molar-refractivity contribution is 14.1. The van der Waals surface area contributed by atoms with Gasteiger partial charge in [0.25, 0.3) is 5.56 Å². The molecule has 0 bridgehead atoms. The van der Waals surface area contributed by atoms with Crippen molar-refractivity contribution < 1.29 is 4.79 Å². The number of hydrogen-bond acceptors (Lipinski definition) is 4. The summed E-state index contributed by atoms with van der Waals surface area (Å²) in [6.45, 7) is 3.13. The average Bonchev–Trinajstić information content (AvgIpc) is 2.40. The van der Waals surface area contributed by atoms with Crippen LogP contribution >= 0.6 is 34.2 Å². The largest absolute Gasteiger partial charge is 0.339 e. The fourth-order valence-corrected chi connectivity index (χ4v) is 2.43. The first-order valence-corrected chi connectivity index (χ1v) is 7.31. The van der Waals surface area contributed by atoms with E-state index in [9.17, 15) is 9.59 Å². The number of amides is 1. The molecule has 0 N–H and O–H groups in total. The number of piperazine rings is 1. The van der Waals surface area contributed by atoms with Gasteiger partial charge >= 0.3 is 0 Å². The Morgan fingerprint density at radius 2 is 2.05 bits per heavy atom. The highest BCUT2D eigenvalue weighted by Crippen LogP contribution is 2.09. The Morgan fingerprint density at radius 3 is 2.68 bits per heavy atom. The third kappa shape index (κ3) is 3.46. The lowest BCUT2D eigenvalue weighted by atomic mass is 10.3. The predicted octanol–water partition coefficient (Wildman–Crippen LogP) is 0.275. The van der Waals surface area contributed by atoms with E-state index in [1.807, 2.05) is 29.6 Å². The molecule has 0 radical (unpaired) electrons. The molecule has 0 spiro atoms. The van der Waals surface area contributed by atoms with Crippen LogP contribution in [-0.4, -0.2) is 58.5 Å². The Balaban J connectivity index is 2.07. The predicted molar refractivity (Wildman–Crippen MR) is 80.3 cm³/mol. The van der Waals surface area contributed by atoms with Crippen molar-refractivity contribution in [3.63, 3.8) is 0 Å². The van der Waals surface area contributed by atoms with Crippen molar-refractivity contribution in [2.75, 3.05) is 33.2 Å². The molecule has 1 fully saturated rings. The molecule has 8 heteroatoms. The second kappa shape index (κ2) is 6.19. The van der Waals surface area contributed by atoms with Gasteiger partial charge in [0.15, 0.2) is 0 Å². The molecule has 2 rings (SSSR count). The Hall–Kier alpha value is -0.670. The Morgan fingerprint density at radius 1 is 1.42 bits per heavy atom. The summed E-state index contributed by atoms with van der Waals surface area (Å²) in [4.78, 5) is 31.9. The molecule has 6 nitrogen and oxygen atoms in total. The summed E-state index contributed by atoms with van der Waals surface area (Å²) in [5, 5.41) is 0.175. The van der Waals surface area contributed by atoms with Crippen LogP contribution in [-0.2, 0) is 11.3 Å². The van der Waals surface area contributed by atoms with Crippen LogP contribution in [0, 0.1) is 3.57 Å². The van der Waals surface area contributed by atoms with Gasteiger partial charge in [-0.05, 0) is 29.6 Å². The fraction of sp³-hybridized carbons (Fsp3) is 0.545.